The summed E-state index contributed by atoms with van der Waals surface area (Å²) in [5, 5.41) is 3.01. The van der Waals surface area contributed by atoms with Crippen molar-refractivity contribution in [3.63, 3.8) is 0 Å². The Labute approximate surface area is 152 Å². The van der Waals surface area contributed by atoms with Crippen LogP contribution in [0.2, 0.25) is 0 Å². The van der Waals surface area contributed by atoms with E-state index in [9.17, 15) is 9.59 Å². The van der Waals surface area contributed by atoms with Gasteiger partial charge in [0.25, 0.3) is 0 Å². The summed E-state index contributed by atoms with van der Waals surface area (Å²) in [4.78, 5) is 32.3. The summed E-state index contributed by atoms with van der Waals surface area (Å²) in [6.07, 6.45) is 3.91. The van der Waals surface area contributed by atoms with Gasteiger partial charge < -0.3 is 15.1 Å². The zero-order valence-electron chi connectivity index (χ0n) is 14.8. The largest absolute Gasteiger partial charge is 0.333 e. The first-order valence-corrected chi connectivity index (χ1v) is 8.92. The van der Waals surface area contributed by atoms with E-state index in [1.165, 1.54) is 5.56 Å². The van der Waals surface area contributed by atoms with E-state index in [0.717, 1.165) is 11.3 Å². The standard InChI is InChI=1S/C20H22N4O2/c1-14-2-4-18(5-3-14)24-13-17(10-19(24)25)22-20(26)23-11-16(12-23)15-6-8-21-9-7-15/h2-9,16-17H,10-13H2,1H3,(H,22,26)/t17-/m1/s1. The Bertz CT molecular complexity index is 800. The zero-order valence-corrected chi connectivity index (χ0v) is 14.8. The molecule has 6 heteroatoms. The van der Waals surface area contributed by atoms with E-state index in [-0.39, 0.29) is 18.0 Å². The molecule has 1 aromatic heterocycles. The predicted octanol–water partition coefficient (Wildman–Crippen LogP) is 2.30. The number of aryl methyl sites for hydroxylation is 1. The van der Waals surface area contributed by atoms with Crippen molar-refractivity contribution in [2.24, 2.45) is 0 Å². The van der Waals surface area contributed by atoms with Crippen molar-refractivity contribution >= 4 is 17.6 Å². The number of carbonyl (C=O) groups is 2. The number of aromatic nitrogens is 1. The quantitative estimate of drug-likeness (QED) is 0.924. The summed E-state index contributed by atoms with van der Waals surface area (Å²) >= 11 is 0. The van der Waals surface area contributed by atoms with Gasteiger partial charge in [-0.2, -0.15) is 0 Å². The first-order chi connectivity index (χ1) is 12.6. The Morgan fingerprint density at radius 3 is 2.46 bits per heavy atom. The number of benzene rings is 1. The van der Waals surface area contributed by atoms with Crippen LogP contribution in [0.1, 0.15) is 23.5 Å². The fourth-order valence-corrected chi connectivity index (χ4v) is 3.54. The fraction of sp³-hybridized carbons (Fsp3) is 0.350. The molecule has 134 valence electrons. The maximum Gasteiger partial charge on any atom is 0.317 e. The lowest BCUT2D eigenvalue weighted by atomic mass is 9.93. The minimum Gasteiger partial charge on any atom is -0.333 e. The Morgan fingerprint density at radius 2 is 1.77 bits per heavy atom. The molecule has 6 nitrogen and oxygen atoms in total. The van der Waals surface area contributed by atoms with Gasteiger partial charge in [-0.1, -0.05) is 17.7 Å². The molecule has 26 heavy (non-hydrogen) atoms. The van der Waals surface area contributed by atoms with Gasteiger partial charge in [0.2, 0.25) is 5.91 Å². The first-order valence-electron chi connectivity index (χ1n) is 8.92. The Hall–Kier alpha value is -2.89. The van der Waals surface area contributed by atoms with E-state index < -0.39 is 0 Å². The number of anilines is 1. The van der Waals surface area contributed by atoms with E-state index in [2.05, 4.69) is 10.3 Å². The molecule has 3 heterocycles. The van der Waals surface area contributed by atoms with Gasteiger partial charge in [0.05, 0.1) is 6.04 Å². The maximum absolute atomic E-state index is 12.4. The number of urea groups is 1. The molecule has 2 aliphatic rings. The molecule has 1 aromatic carbocycles. The Balaban J connectivity index is 1.30. The summed E-state index contributed by atoms with van der Waals surface area (Å²) in [6, 6.07) is 11.7. The molecule has 0 bridgehead atoms. The number of pyridine rings is 1. The van der Waals surface area contributed by atoms with Crippen molar-refractivity contribution in [2.45, 2.75) is 25.3 Å². The zero-order chi connectivity index (χ0) is 18.1. The number of hydrogen-bond donors (Lipinski definition) is 1. The van der Waals surface area contributed by atoms with E-state index >= 15 is 0 Å². The summed E-state index contributed by atoms with van der Waals surface area (Å²) in [6.45, 7) is 3.95. The van der Waals surface area contributed by atoms with Gasteiger partial charge in [-0.05, 0) is 36.8 Å². The van der Waals surface area contributed by atoms with Crippen molar-refractivity contribution in [3.8, 4) is 0 Å². The van der Waals surface area contributed by atoms with Crippen LogP contribution in [0.5, 0.6) is 0 Å². The Kier molecular flexibility index (Phi) is 4.32. The lowest BCUT2D eigenvalue weighted by Gasteiger charge is -2.39. The van der Waals surface area contributed by atoms with Crippen LogP contribution in [0.4, 0.5) is 10.5 Å². The number of carbonyl (C=O) groups excluding carboxylic acids is 2. The third kappa shape index (κ3) is 3.27. The van der Waals surface area contributed by atoms with Gasteiger partial charge in [0.1, 0.15) is 0 Å². The molecule has 0 aliphatic carbocycles. The van der Waals surface area contributed by atoms with Gasteiger partial charge in [-0.3, -0.25) is 9.78 Å². The highest BCUT2D eigenvalue weighted by Crippen LogP contribution is 2.27. The highest BCUT2D eigenvalue weighted by molar-refractivity contribution is 5.96. The third-order valence-electron chi connectivity index (χ3n) is 5.14. The first kappa shape index (κ1) is 16.6. The number of hydrogen-bond acceptors (Lipinski definition) is 3. The number of likely N-dealkylation sites (tertiary alicyclic amines) is 1. The van der Waals surface area contributed by atoms with Crippen LogP contribution in [0, 0.1) is 6.92 Å². The summed E-state index contributed by atoms with van der Waals surface area (Å²) < 4.78 is 0. The van der Waals surface area contributed by atoms with Crippen LogP contribution < -0.4 is 10.2 Å². The van der Waals surface area contributed by atoms with Crippen LogP contribution in [0.3, 0.4) is 0 Å². The molecule has 0 saturated carbocycles. The topological polar surface area (TPSA) is 65.5 Å². The minimum absolute atomic E-state index is 0.0532. The molecule has 2 aromatic rings. The second-order valence-electron chi connectivity index (χ2n) is 7.07. The van der Waals surface area contributed by atoms with Gasteiger partial charge >= 0.3 is 6.03 Å². The minimum atomic E-state index is -0.142. The molecule has 1 N–H and O–H groups in total. The number of amides is 3. The monoisotopic (exact) mass is 350 g/mol. The molecule has 0 spiro atoms. The van der Waals surface area contributed by atoms with Crippen molar-refractivity contribution in [1.82, 2.24) is 15.2 Å². The van der Waals surface area contributed by atoms with Crippen LogP contribution in [0.25, 0.3) is 0 Å². The van der Waals surface area contributed by atoms with Crippen molar-refractivity contribution in [1.29, 1.82) is 0 Å². The fourth-order valence-electron chi connectivity index (χ4n) is 3.54. The highest BCUT2D eigenvalue weighted by atomic mass is 16.2. The molecule has 0 radical (unpaired) electrons. The van der Waals surface area contributed by atoms with Crippen LogP contribution in [-0.4, -0.2) is 47.5 Å². The van der Waals surface area contributed by atoms with Crippen molar-refractivity contribution in [2.75, 3.05) is 24.5 Å². The van der Waals surface area contributed by atoms with Crippen molar-refractivity contribution < 1.29 is 9.59 Å². The lowest BCUT2D eigenvalue weighted by molar-refractivity contribution is -0.117. The van der Waals surface area contributed by atoms with Gasteiger partial charge in [-0.25, -0.2) is 4.79 Å². The number of rotatable bonds is 3. The molecule has 4 rings (SSSR count). The SMILES string of the molecule is Cc1ccc(N2C[C@H](NC(=O)N3CC(c4ccncc4)C3)CC2=O)cc1. The van der Waals surface area contributed by atoms with Crippen molar-refractivity contribution in [3.05, 3.63) is 59.9 Å². The molecule has 1 atom stereocenters. The van der Waals surface area contributed by atoms with Gasteiger partial charge in [0.15, 0.2) is 0 Å². The van der Waals surface area contributed by atoms with Crippen LogP contribution in [-0.2, 0) is 4.79 Å². The van der Waals surface area contributed by atoms with E-state index in [0.29, 0.717) is 32.0 Å². The maximum atomic E-state index is 12.4. The van der Waals surface area contributed by atoms with E-state index in [1.54, 1.807) is 22.2 Å². The smallest absolute Gasteiger partial charge is 0.317 e. The molecule has 2 fully saturated rings. The molecular weight excluding hydrogens is 328 g/mol. The summed E-state index contributed by atoms with van der Waals surface area (Å²) in [5.41, 5.74) is 3.26. The summed E-state index contributed by atoms with van der Waals surface area (Å²) in [5.74, 6) is 0.426. The van der Waals surface area contributed by atoms with Crippen LogP contribution >= 0.6 is 0 Å². The average molecular weight is 350 g/mol. The second-order valence-corrected chi connectivity index (χ2v) is 7.07. The van der Waals surface area contributed by atoms with E-state index in [4.69, 9.17) is 0 Å². The normalized spacial score (nSPS) is 20.2. The Morgan fingerprint density at radius 1 is 1.08 bits per heavy atom. The highest BCUT2D eigenvalue weighted by Gasteiger charge is 2.36. The van der Waals surface area contributed by atoms with E-state index in [1.807, 2.05) is 43.3 Å². The molecular formula is C20H22N4O2. The third-order valence-corrected chi connectivity index (χ3v) is 5.14. The number of nitrogens with one attached hydrogen (secondary N) is 1. The lowest BCUT2D eigenvalue weighted by Crippen LogP contribution is -2.54. The van der Waals surface area contributed by atoms with Gasteiger partial charge in [0, 0.05) is 50.1 Å². The second kappa shape index (κ2) is 6.78. The molecule has 3 amide bonds. The summed E-state index contributed by atoms with van der Waals surface area (Å²) in [7, 11) is 0. The molecule has 0 unspecified atom stereocenters. The molecule has 2 saturated heterocycles. The van der Waals surface area contributed by atoms with Gasteiger partial charge in [-0.15, -0.1) is 0 Å². The predicted molar refractivity (Wildman–Crippen MR) is 99.0 cm³/mol. The number of nitrogens with zero attached hydrogens (tertiary/aromatic N) is 3. The van der Waals surface area contributed by atoms with Crippen LogP contribution in [0.15, 0.2) is 48.8 Å². The molecule has 2 aliphatic heterocycles. The average Bonchev–Trinajstić information content (AvgIpc) is 2.95.